The molecule has 0 bridgehead atoms. The SMILES string of the molecule is CNC(=O)c1cccc(I)c1N=C(N)c1[nH]nc2ncc(-c3cncc(NC(=O)CC(C)C)c3)cc12. The van der Waals surface area contributed by atoms with Crippen molar-refractivity contribution in [2.24, 2.45) is 16.6 Å². The third kappa shape index (κ3) is 5.51. The second-order valence-electron chi connectivity index (χ2n) is 8.51. The summed E-state index contributed by atoms with van der Waals surface area (Å²) in [6, 6.07) is 9.06. The van der Waals surface area contributed by atoms with Gasteiger partial charge in [-0.2, -0.15) is 5.10 Å². The summed E-state index contributed by atoms with van der Waals surface area (Å²) in [5, 5.41) is 13.3. The average molecular weight is 596 g/mol. The molecule has 0 aliphatic rings. The number of hydrogen-bond acceptors (Lipinski definition) is 6. The van der Waals surface area contributed by atoms with Gasteiger partial charge in [0.2, 0.25) is 5.91 Å². The fourth-order valence-corrected chi connectivity index (χ4v) is 4.24. The van der Waals surface area contributed by atoms with Gasteiger partial charge in [0.25, 0.3) is 5.91 Å². The maximum atomic E-state index is 12.3. The van der Waals surface area contributed by atoms with Crippen LogP contribution in [0.2, 0.25) is 0 Å². The molecule has 4 aromatic rings. The van der Waals surface area contributed by atoms with Gasteiger partial charge in [0.05, 0.1) is 28.5 Å². The number of hydrogen-bond donors (Lipinski definition) is 4. The van der Waals surface area contributed by atoms with Crippen molar-refractivity contribution in [1.82, 2.24) is 25.5 Å². The molecule has 0 saturated heterocycles. The van der Waals surface area contributed by atoms with Crippen LogP contribution >= 0.6 is 22.6 Å². The molecule has 184 valence electrons. The number of nitrogens with one attached hydrogen (secondary N) is 3. The van der Waals surface area contributed by atoms with E-state index in [0.29, 0.717) is 40.1 Å². The van der Waals surface area contributed by atoms with Gasteiger partial charge in [-0.3, -0.25) is 19.7 Å². The number of fused-ring (bicyclic) bond motifs is 1. The van der Waals surface area contributed by atoms with E-state index in [0.717, 1.165) is 14.7 Å². The first-order valence-electron chi connectivity index (χ1n) is 11.2. The minimum atomic E-state index is -0.258. The van der Waals surface area contributed by atoms with Crippen molar-refractivity contribution in [3.63, 3.8) is 0 Å². The van der Waals surface area contributed by atoms with Crippen LogP contribution in [0.3, 0.4) is 0 Å². The molecule has 0 radical (unpaired) electrons. The van der Waals surface area contributed by atoms with Crippen molar-refractivity contribution in [3.8, 4) is 11.1 Å². The Labute approximate surface area is 221 Å². The highest BCUT2D eigenvalue weighted by Crippen LogP contribution is 2.29. The second-order valence-corrected chi connectivity index (χ2v) is 9.68. The Balaban J connectivity index is 1.71. The fraction of sp³-hybridized carbons (Fsp3) is 0.200. The number of nitrogens with zero attached hydrogens (tertiary/aromatic N) is 4. The molecule has 0 fully saturated rings. The number of amidine groups is 1. The van der Waals surface area contributed by atoms with Crippen molar-refractivity contribution in [2.75, 3.05) is 12.4 Å². The molecule has 0 aliphatic carbocycles. The number of halogens is 1. The molecule has 1 aromatic carbocycles. The zero-order valence-electron chi connectivity index (χ0n) is 20.0. The normalized spacial score (nSPS) is 11.6. The highest BCUT2D eigenvalue weighted by Gasteiger charge is 2.16. The lowest BCUT2D eigenvalue weighted by atomic mass is 10.1. The first kappa shape index (κ1) is 25.2. The van der Waals surface area contributed by atoms with Crippen LogP contribution in [0.15, 0.2) is 53.9 Å². The number of H-pyrrole nitrogens is 1. The molecule has 4 rings (SSSR count). The number of benzene rings is 1. The Hall–Kier alpha value is -3.87. The largest absolute Gasteiger partial charge is 0.382 e. The number of anilines is 1. The van der Waals surface area contributed by atoms with Crippen LogP contribution < -0.4 is 16.4 Å². The van der Waals surface area contributed by atoms with Crippen molar-refractivity contribution in [1.29, 1.82) is 0 Å². The molecule has 0 saturated carbocycles. The van der Waals surface area contributed by atoms with Crippen LogP contribution in [-0.2, 0) is 4.79 Å². The van der Waals surface area contributed by atoms with E-state index in [2.05, 4.69) is 58.4 Å². The third-order valence-electron chi connectivity index (χ3n) is 5.31. The first-order chi connectivity index (χ1) is 17.3. The summed E-state index contributed by atoms with van der Waals surface area (Å²) in [6.45, 7) is 3.98. The number of pyridine rings is 2. The number of carbonyl (C=O) groups is 2. The molecule has 0 aliphatic heterocycles. The summed E-state index contributed by atoms with van der Waals surface area (Å²) >= 11 is 2.12. The molecule has 0 unspecified atom stereocenters. The van der Waals surface area contributed by atoms with Crippen molar-refractivity contribution in [3.05, 3.63) is 63.7 Å². The number of carbonyl (C=O) groups excluding carboxylic acids is 2. The third-order valence-corrected chi connectivity index (χ3v) is 6.18. The van der Waals surface area contributed by atoms with Gasteiger partial charge in [0, 0.05) is 40.6 Å². The number of amides is 2. The molecule has 2 amide bonds. The summed E-state index contributed by atoms with van der Waals surface area (Å²) in [7, 11) is 1.56. The minimum absolute atomic E-state index is 0.0645. The predicted octanol–water partition coefficient (Wildman–Crippen LogP) is 4.01. The number of nitrogens with two attached hydrogens (primary N) is 1. The lowest BCUT2D eigenvalue weighted by Gasteiger charge is -2.09. The van der Waals surface area contributed by atoms with Gasteiger partial charge in [0.15, 0.2) is 5.65 Å². The van der Waals surface area contributed by atoms with E-state index in [1.165, 1.54) is 0 Å². The van der Waals surface area contributed by atoms with Crippen LogP contribution in [0.4, 0.5) is 11.4 Å². The van der Waals surface area contributed by atoms with Crippen LogP contribution in [-0.4, -0.2) is 44.9 Å². The van der Waals surface area contributed by atoms with Crippen molar-refractivity contribution < 1.29 is 9.59 Å². The van der Waals surface area contributed by atoms with E-state index in [9.17, 15) is 9.59 Å². The van der Waals surface area contributed by atoms with Gasteiger partial charge in [-0.05, 0) is 52.8 Å². The highest BCUT2D eigenvalue weighted by molar-refractivity contribution is 14.1. The van der Waals surface area contributed by atoms with Gasteiger partial charge in [0.1, 0.15) is 11.5 Å². The Morgan fingerprint density at radius 3 is 2.69 bits per heavy atom. The summed E-state index contributed by atoms with van der Waals surface area (Å²) in [5.74, 6) is 0.0983. The zero-order valence-corrected chi connectivity index (χ0v) is 22.1. The van der Waals surface area contributed by atoms with E-state index in [1.807, 2.05) is 32.0 Å². The number of aromatic amines is 1. The molecule has 10 nitrogen and oxygen atoms in total. The molecule has 3 aromatic heterocycles. The van der Waals surface area contributed by atoms with Crippen LogP contribution in [0, 0.1) is 9.49 Å². The Bertz CT molecular complexity index is 1480. The van der Waals surface area contributed by atoms with E-state index < -0.39 is 0 Å². The first-order valence-corrected chi connectivity index (χ1v) is 12.3. The van der Waals surface area contributed by atoms with E-state index >= 15 is 0 Å². The smallest absolute Gasteiger partial charge is 0.253 e. The van der Waals surface area contributed by atoms with Crippen molar-refractivity contribution >= 4 is 62.6 Å². The summed E-state index contributed by atoms with van der Waals surface area (Å²) < 4.78 is 0.779. The summed E-state index contributed by atoms with van der Waals surface area (Å²) in [5.41, 5.74) is 10.4. The Morgan fingerprint density at radius 1 is 1.17 bits per heavy atom. The van der Waals surface area contributed by atoms with E-state index in [4.69, 9.17) is 5.73 Å². The number of para-hydroxylation sites is 1. The lowest BCUT2D eigenvalue weighted by Crippen LogP contribution is -2.19. The monoisotopic (exact) mass is 596 g/mol. The van der Waals surface area contributed by atoms with Crippen molar-refractivity contribution in [2.45, 2.75) is 20.3 Å². The van der Waals surface area contributed by atoms with E-state index in [-0.39, 0.29) is 23.6 Å². The average Bonchev–Trinajstić information content (AvgIpc) is 3.28. The summed E-state index contributed by atoms with van der Waals surface area (Å²) in [6.07, 6.45) is 5.41. The van der Waals surface area contributed by atoms with Crippen LogP contribution in [0.25, 0.3) is 22.2 Å². The zero-order chi connectivity index (χ0) is 25.8. The summed E-state index contributed by atoms with van der Waals surface area (Å²) in [4.78, 5) is 37.8. The quantitative estimate of drug-likeness (QED) is 0.144. The minimum Gasteiger partial charge on any atom is -0.382 e. The molecular formula is C25H25IN8O2. The highest BCUT2D eigenvalue weighted by atomic mass is 127. The van der Waals surface area contributed by atoms with Gasteiger partial charge in [-0.15, -0.1) is 0 Å². The molecule has 3 heterocycles. The van der Waals surface area contributed by atoms with Crippen LogP contribution in [0.1, 0.15) is 36.3 Å². The fourth-order valence-electron chi connectivity index (χ4n) is 3.63. The number of aromatic nitrogens is 4. The predicted molar refractivity (Wildman–Crippen MR) is 148 cm³/mol. The molecule has 0 atom stereocenters. The second kappa shape index (κ2) is 10.8. The van der Waals surface area contributed by atoms with Gasteiger partial charge in [-0.25, -0.2) is 9.98 Å². The molecule has 36 heavy (non-hydrogen) atoms. The number of rotatable bonds is 7. The lowest BCUT2D eigenvalue weighted by molar-refractivity contribution is -0.116. The van der Waals surface area contributed by atoms with E-state index in [1.54, 1.807) is 37.8 Å². The molecular weight excluding hydrogens is 571 g/mol. The van der Waals surface area contributed by atoms with Gasteiger partial charge in [-0.1, -0.05) is 19.9 Å². The van der Waals surface area contributed by atoms with Crippen LogP contribution in [0.5, 0.6) is 0 Å². The molecule has 5 N–H and O–H groups in total. The standard InChI is InChI=1S/C25H25IN8O2/c1-13(2)7-20(35)31-16-8-14(10-29-12-16)15-9-18-22(33-34-24(18)30-11-15)23(27)32-21-17(25(36)28-3)5-4-6-19(21)26/h4-6,8-13H,7H2,1-3H3,(H2,27,32)(H,28,36)(H,31,35)(H,30,33,34). The van der Waals surface area contributed by atoms with Gasteiger partial charge < -0.3 is 16.4 Å². The maximum Gasteiger partial charge on any atom is 0.253 e. The van der Waals surface area contributed by atoms with Gasteiger partial charge >= 0.3 is 0 Å². The number of aliphatic imine (C=N–C) groups is 1. The Morgan fingerprint density at radius 2 is 1.94 bits per heavy atom. The molecule has 0 spiro atoms. The Kier molecular flexibility index (Phi) is 7.58. The maximum absolute atomic E-state index is 12.3. The molecule has 11 heteroatoms. The topological polar surface area (TPSA) is 151 Å².